The average molecular weight is 397 g/mol. The third-order valence-corrected chi connectivity index (χ3v) is 6.13. The molecule has 0 spiro atoms. The van der Waals surface area contributed by atoms with Crippen LogP contribution in [0.4, 0.5) is 5.69 Å². The highest BCUT2D eigenvalue weighted by Crippen LogP contribution is 2.23. The fraction of sp³-hybridized carbons (Fsp3) is 0.476. The van der Waals surface area contributed by atoms with Gasteiger partial charge in [-0.2, -0.15) is 5.26 Å². The van der Waals surface area contributed by atoms with Gasteiger partial charge in [-0.1, -0.05) is 12.1 Å². The Kier molecular flexibility index (Phi) is 6.88. The van der Waals surface area contributed by atoms with Crippen LogP contribution in [0.1, 0.15) is 34.0 Å². The lowest BCUT2D eigenvalue weighted by atomic mass is 10.0. The lowest BCUT2D eigenvalue weighted by Gasteiger charge is -2.35. The van der Waals surface area contributed by atoms with Crippen LogP contribution in [0.15, 0.2) is 29.3 Å². The summed E-state index contributed by atoms with van der Waals surface area (Å²) in [5, 5.41) is 17.5. The van der Waals surface area contributed by atoms with Gasteiger partial charge in [-0.15, -0.1) is 11.3 Å². The molecule has 0 bridgehead atoms. The quantitative estimate of drug-likeness (QED) is 0.600. The number of aromatic nitrogens is 1. The minimum absolute atomic E-state index is 0.305. The van der Waals surface area contributed by atoms with Gasteiger partial charge in [0.2, 0.25) is 0 Å². The highest BCUT2D eigenvalue weighted by atomic mass is 32.1. The zero-order chi connectivity index (χ0) is 19.9. The summed E-state index contributed by atoms with van der Waals surface area (Å²) >= 11 is 1.77. The van der Waals surface area contributed by atoms with Crippen LogP contribution >= 0.6 is 11.3 Å². The van der Waals surface area contributed by atoms with Crippen molar-refractivity contribution in [3.05, 3.63) is 45.4 Å². The largest absolute Gasteiger partial charge is 0.368 e. The molecule has 0 saturated carbocycles. The molecule has 1 aromatic carbocycles. The molecule has 1 aliphatic heterocycles. The maximum absolute atomic E-state index is 9.39. The Hall–Kier alpha value is -2.59. The number of para-hydroxylation sites is 1. The summed E-state index contributed by atoms with van der Waals surface area (Å²) < 4.78 is 0. The fourth-order valence-corrected chi connectivity index (χ4v) is 4.58. The van der Waals surface area contributed by atoms with Crippen LogP contribution in [-0.4, -0.2) is 43.7 Å². The number of hydrogen-bond donors (Lipinski definition) is 2. The van der Waals surface area contributed by atoms with E-state index in [-0.39, 0.29) is 0 Å². The molecule has 1 fully saturated rings. The van der Waals surface area contributed by atoms with Gasteiger partial charge in [-0.25, -0.2) is 4.98 Å². The predicted molar refractivity (Wildman–Crippen MR) is 116 cm³/mol. The van der Waals surface area contributed by atoms with Crippen molar-refractivity contribution < 1.29 is 0 Å². The summed E-state index contributed by atoms with van der Waals surface area (Å²) in [6.45, 7) is 6.80. The molecule has 148 valence electrons. The Balaban J connectivity index is 1.54. The first kappa shape index (κ1) is 20.2. The van der Waals surface area contributed by atoms with E-state index in [9.17, 15) is 5.26 Å². The molecule has 0 amide bonds. The molecular weight excluding hydrogens is 368 g/mol. The van der Waals surface area contributed by atoms with Crippen molar-refractivity contribution in [1.82, 2.24) is 15.6 Å². The van der Waals surface area contributed by atoms with Crippen molar-refractivity contribution in [1.29, 1.82) is 5.26 Å². The van der Waals surface area contributed by atoms with E-state index < -0.39 is 0 Å². The smallest absolute Gasteiger partial charge is 0.191 e. The number of anilines is 1. The summed E-state index contributed by atoms with van der Waals surface area (Å²) in [7, 11) is 1.81. The molecule has 2 heterocycles. The number of nitriles is 1. The molecule has 7 heteroatoms. The number of nitrogens with zero attached hydrogens (tertiary/aromatic N) is 4. The topological polar surface area (TPSA) is 76.3 Å². The van der Waals surface area contributed by atoms with Gasteiger partial charge < -0.3 is 15.5 Å². The van der Waals surface area contributed by atoms with Crippen LogP contribution in [0.2, 0.25) is 0 Å². The second-order valence-corrected chi connectivity index (χ2v) is 8.34. The highest BCUT2D eigenvalue weighted by Gasteiger charge is 2.22. The lowest BCUT2D eigenvalue weighted by Crippen LogP contribution is -2.51. The molecule has 2 aromatic rings. The summed E-state index contributed by atoms with van der Waals surface area (Å²) in [5.41, 5.74) is 2.89. The lowest BCUT2D eigenvalue weighted by molar-refractivity contribution is 0.468. The van der Waals surface area contributed by atoms with Crippen LogP contribution in [0, 0.1) is 25.2 Å². The van der Waals surface area contributed by atoms with Gasteiger partial charge in [0, 0.05) is 44.0 Å². The third kappa shape index (κ3) is 5.02. The number of thiazole rings is 1. The molecule has 28 heavy (non-hydrogen) atoms. The molecule has 1 aliphatic rings. The second kappa shape index (κ2) is 9.56. The Morgan fingerprint density at radius 3 is 2.93 bits per heavy atom. The minimum atomic E-state index is 0.305. The van der Waals surface area contributed by atoms with E-state index in [4.69, 9.17) is 0 Å². The zero-order valence-corrected chi connectivity index (χ0v) is 17.6. The van der Waals surface area contributed by atoms with E-state index in [1.54, 1.807) is 11.3 Å². The molecule has 1 saturated heterocycles. The Morgan fingerprint density at radius 1 is 1.39 bits per heavy atom. The first-order chi connectivity index (χ1) is 13.6. The average Bonchev–Trinajstić information content (AvgIpc) is 3.04. The number of piperidine rings is 1. The molecule has 3 rings (SSSR count). The Morgan fingerprint density at radius 2 is 2.21 bits per heavy atom. The van der Waals surface area contributed by atoms with Crippen molar-refractivity contribution in [3.63, 3.8) is 0 Å². The Bertz CT molecular complexity index is 866. The molecular formula is C21H28N6S. The van der Waals surface area contributed by atoms with Gasteiger partial charge in [-0.3, -0.25) is 4.99 Å². The molecule has 0 radical (unpaired) electrons. The number of hydrogen-bond acceptors (Lipinski definition) is 5. The van der Waals surface area contributed by atoms with Gasteiger partial charge in [0.1, 0.15) is 6.07 Å². The van der Waals surface area contributed by atoms with Gasteiger partial charge in [0.25, 0.3) is 0 Å². The highest BCUT2D eigenvalue weighted by molar-refractivity contribution is 7.11. The van der Waals surface area contributed by atoms with Crippen molar-refractivity contribution in [2.75, 3.05) is 31.6 Å². The molecule has 0 aliphatic carbocycles. The van der Waals surface area contributed by atoms with E-state index in [2.05, 4.69) is 38.5 Å². The SMILES string of the molecule is CN=C(NCCc1sc(C)nc1C)NC1CCCN(c2ccccc2C#N)C1. The molecule has 2 N–H and O–H groups in total. The molecule has 1 unspecified atom stereocenters. The van der Waals surface area contributed by atoms with Crippen LogP contribution in [0.3, 0.4) is 0 Å². The maximum atomic E-state index is 9.39. The van der Waals surface area contributed by atoms with E-state index in [1.807, 2.05) is 38.2 Å². The summed E-state index contributed by atoms with van der Waals surface area (Å²) in [5.74, 6) is 0.833. The van der Waals surface area contributed by atoms with Crippen LogP contribution < -0.4 is 15.5 Å². The number of benzene rings is 1. The summed E-state index contributed by atoms with van der Waals surface area (Å²) in [6.07, 6.45) is 3.14. The first-order valence-electron chi connectivity index (χ1n) is 9.75. The Labute approximate surface area is 171 Å². The normalized spacial score (nSPS) is 17.3. The second-order valence-electron chi connectivity index (χ2n) is 7.05. The minimum Gasteiger partial charge on any atom is -0.368 e. The van der Waals surface area contributed by atoms with Crippen molar-refractivity contribution in [2.24, 2.45) is 4.99 Å². The van der Waals surface area contributed by atoms with E-state index >= 15 is 0 Å². The summed E-state index contributed by atoms with van der Waals surface area (Å²) in [4.78, 5) is 12.5. The standard InChI is InChI=1S/C21H28N6S/c1-15-20(28-16(2)25-15)10-11-24-21(23-3)26-18-8-6-12-27(14-18)19-9-5-4-7-17(19)13-22/h4-5,7,9,18H,6,8,10-12,14H2,1-3H3,(H2,23,24,26). The predicted octanol–water partition coefficient (Wildman–Crippen LogP) is 3.01. The van der Waals surface area contributed by atoms with Gasteiger partial charge in [0.05, 0.1) is 22.0 Å². The molecule has 6 nitrogen and oxygen atoms in total. The van der Waals surface area contributed by atoms with Gasteiger partial charge in [0.15, 0.2) is 5.96 Å². The monoisotopic (exact) mass is 396 g/mol. The number of guanidine groups is 1. The van der Waals surface area contributed by atoms with Crippen molar-refractivity contribution >= 4 is 23.0 Å². The van der Waals surface area contributed by atoms with Crippen molar-refractivity contribution in [2.45, 2.75) is 39.2 Å². The number of aryl methyl sites for hydroxylation is 2. The third-order valence-electron chi connectivity index (χ3n) is 5.00. The fourth-order valence-electron chi connectivity index (χ4n) is 3.65. The number of aliphatic imine (C=N–C) groups is 1. The van der Waals surface area contributed by atoms with Gasteiger partial charge >= 0.3 is 0 Å². The van der Waals surface area contributed by atoms with Gasteiger partial charge in [-0.05, 0) is 38.8 Å². The van der Waals surface area contributed by atoms with E-state index in [0.717, 1.165) is 66.8 Å². The number of nitrogens with one attached hydrogen (secondary N) is 2. The van der Waals surface area contributed by atoms with E-state index in [0.29, 0.717) is 6.04 Å². The van der Waals surface area contributed by atoms with Crippen LogP contribution in [0.25, 0.3) is 0 Å². The maximum Gasteiger partial charge on any atom is 0.191 e. The first-order valence-corrected chi connectivity index (χ1v) is 10.6. The summed E-state index contributed by atoms with van der Waals surface area (Å²) in [6, 6.07) is 10.4. The van der Waals surface area contributed by atoms with Crippen molar-refractivity contribution in [3.8, 4) is 6.07 Å². The van der Waals surface area contributed by atoms with Crippen LogP contribution in [-0.2, 0) is 6.42 Å². The molecule has 1 aromatic heterocycles. The van der Waals surface area contributed by atoms with E-state index in [1.165, 1.54) is 4.88 Å². The molecule has 1 atom stereocenters. The number of rotatable bonds is 5. The van der Waals surface area contributed by atoms with Crippen LogP contribution in [0.5, 0.6) is 0 Å². The zero-order valence-electron chi connectivity index (χ0n) is 16.8.